The Labute approximate surface area is 154 Å². The Balaban J connectivity index is 0.00000208. The Kier molecular flexibility index (Phi) is 6.72. The normalized spacial score (nSPS) is 19.1. The van der Waals surface area contributed by atoms with Gasteiger partial charge in [-0.2, -0.15) is 0 Å². The molecule has 0 aliphatic carbocycles. The maximum absolute atomic E-state index is 12.6. The summed E-state index contributed by atoms with van der Waals surface area (Å²) in [6.45, 7) is 2.11. The third-order valence-corrected chi connectivity index (χ3v) is 5.18. The van der Waals surface area contributed by atoms with Gasteiger partial charge in [-0.15, -0.1) is 24.2 Å². The van der Waals surface area contributed by atoms with Crippen molar-refractivity contribution in [2.45, 2.75) is 24.9 Å². The molecule has 0 spiro atoms. The lowest BCUT2D eigenvalue weighted by Gasteiger charge is -2.33. The molecule has 0 saturated carbocycles. The fourth-order valence-electron chi connectivity index (χ4n) is 2.95. The van der Waals surface area contributed by atoms with Crippen LogP contribution in [-0.2, 0) is 16.8 Å². The van der Waals surface area contributed by atoms with Crippen molar-refractivity contribution in [1.29, 1.82) is 0 Å². The number of benzene rings is 2. The molecule has 2 N–H and O–H groups in total. The number of carbonyl (C=O) groups is 1. The highest BCUT2D eigenvalue weighted by molar-refractivity contribution is 7.99. The summed E-state index contributed by atoms with van der Waals surface area (Å²) in [4.78, 5) is 12.6. The van der Waals surface area contributed by atoms with Crippen molar-refractivity contribution in [1.82, 2.24) is 10.6 Å². The topological polar surface area (TPSA) is 41.1 Å². The third-order valence-electron chi connectivity index (χ3n) is 4.24. The van der Waals surface area contributed by atoms with Gasteiger partial charge >= 0.3 is 0 Å². The van der Waals surface area contributed by atoms with Crippen molar-refractivity contribution in [3.63, 3.8) is 0 Å². The van der Waals surface area contributed by atoms with Gasteiger partial charge in [0.2, 0.25) is 5.91 Å². The zero-order valence-corrected chi connectivity index (χ0v) is 15.3. The molecule has 0 bridgehead atoms. The molecule has 5 heteroatoms. The summed E-state index contributed by atoms with van der Waals surface area (Å²) >= 11 is 1.76. The molecule has 1 aliphatic rings. The number of rotatable bonds is 5. The van der Waals surface area contributed by atoms with Crippen molar-refractivity contribution >= 4 is 30.1 Å². The van der Waals surface area contributed by atoms with Crippen molar-refractivity contribution in [2.75, 3.05) is 11.6 Å². The van der Waals surface area contributed by atoms with E-state index in [4.69, 9.17) is 0 Å². The molecular formula is C19H23ClN2OS. The molecule has 2 aromatic carbocycles. The quantitative estimate of drug-likeness (QED) is 0.857. The third kappa shape index (κ3) is 4.53. The lowest BCUT2D eigenvalue weighted by Crippen LogP contribution is -2.52. The second-order valence-electron chi connectivity index (χ2n) is 6.12. The Morgan fingerprint density at radius 1 is 1.17 bits per heavy atom. The van der Waals surface area contributed by atoms with Gasteiger partial charge in [-0.3, -0.25) is 10.1 Å². The molecule has 3 nitrogen and oxygen atoms in total. The van der Waals surface area contributed by atoms with E-state index in [0.29, 0.717) is 0 Å². The predicted molar refractivity (Wildman–Crippen MR) is 104 cm³/mol. The maximum Gasteiger partial charge on any atom is 0.238 e. The lowest BCUT2D eigenvalue weighted by atomic mass is 9.85. The molecule has 2 aromatic rings. The first-order chi connectivity index (χ1) is 11.2. The number of carbonyl (C=O) groups excluding carboxylic acids is 1. The van der Waals surface area contributed by atoms with Gasteiger partial charge in [0.15, 0.2) is 0 Å². The largest absolute Gasteiger partial charge is 0.345 e. The minimum absolute atomic E-state index is 0. The van der Waals surface area contributed by atoms with E-state index >= 15 is 0 Å². The minimum Gasteiger partial charge on any atom is -0.345 e. The molecule has 2 atom stereocenters. The second kappa shape index (κ2) is 8.56. The Morgan fingerprint density at radius 3 is 2.38 bits per heavy atom. The monoisotopic (exact) mass is 362 g/mol. The van der Waals surface area contributed by atoms with E-state index in [1.54, 1.807) is 11.8 Å². The molecule has 1 fully saturated rings. The average molecular weight is 363 g/mol. The smallest absolute Gasteiger partial charge is 0.238 e. The Bertz CT molecular complexity index is 647. The Hall–Kier alpha value is -1.49. The van der Waals surface area contributed by atoms with Gasteiger partial charge in [0.25, 0.3) is 0 Å². The highest BCUT2D eigenvalue weighted by atomic mass is 35.5. The van der Waals surface area contributed by atoms with E-state index in [1.807, 2.05) is 36.4 Å². The van der Waals surface area contributed by atoms with Crippen molar-refractivity contribution < 1.29 is 4.79 Å². The van der Waals surface area contributed by atoms with Gasteiger partial charge in [0, 0.05) is 11.6 Å². The molecule has 1 saturated heterocycles. The summed E-state index contributed by atoms with van der Waals surface area (Å²) in [5.74, 6) is 1.76. The van der Waals surface area contributed by atoms with E-state index < -0.39 is 5.54 Å². The van der Waals surface area contributed by atoms with Crippen LogP contribution in [0.5, 0.6) is 0 Å². The SMILES string of the molecule is CC(Cc1ccccc1)(NC(=O)C1CSCN1)c1ccccc1.Cl. The average Bonchev–Trinajstić information content (AvgIpc) is 3.11. The van der Waals surface area contributed by atoms with E-state index in [2.05, 4.69) is 41.8 Å². The molecule has 0 aromatic heterocycles. The zero-order chi connectivity index (χ0) is 16.1. The van der Waals surface area contributed by atoms with E-state index in [9.17, 15) is 4.79 Å². The van der Waals surface area contributed by atoms with Crippen LogP contribution in [0.25, 0.3) is 0 Å². The van der Waals surface area contributed by atoms with Gasteiger partial charge in [-0.1, -0.05) is 60.7 Å². The van der Waals surface area contributed by atoms with E-state index in [1.165, 1.54) is 5.56 Å². The van der Waals surface area contributed by atoms with Gasteiger partial charge in [0.1, 0.15) is 0 Å². The first-order valence-corrected chi connectivity index (χ1v) is 9.05. The number of hydrogen-bond donors (Lipinski definition) is 2. The number of hydrogen-bond acceptors (Lipinski definition) is 3. The summed E-state index contributed by atoms with van der Waals surface area (Å²) in [7, 11) is 0. The number of thioether (sulfide) groups is 1. The molecular weight excluding hydrogens is 340 g/mol. The van der Waals surface area contributed by atoms with Gasteiger partial charge in [-0.05, 0) is 24.5 Å². The van der Waals surface area contributed by atoms with Crippen LogP contribution in [0.15, 0.2) is 60.7 Å². The van der Waals surface area contributed by atoms with Crippen LogP contribution < -0.4 is 10.6 Å². The van der Waals surface area contributed by atoms with Gasteiger partial charge in [-0.25, -0.2) is 0 Å². The first-order valence-electron chi connectivity index (χ1n) is 7.90. The van der Waals surface area contributed by atoms with Crippen LogP contribution in [0.3, 0.4) is 0 Å². The molecule has 3 rings (SSSR count). The fraction of sp³-hybridized carbons (Fsp3) is 0.316. The molecule has 0 radical (unpaired) electrons. The zero-order valence-electron chi connectivity index (χ0n) is 13.7. The highest BCUT2D eigenvalue weighted by Crippen LogP contribution is 2.26. The molecule has 1 aliphatic heterocycles. The van der Waals surface area contributed by atoms with Crippen LogP contribution in [0.2, 0.25) is 0 Å². The van der Waals surface area contributed by atoms with Crippen LogP contribution in [-0.4, -0.2) is 23.6 Å². The molecule has 1 heterocycles. The predicted octanol–water partition coefficient (Wildman–Crippen LogP) is 3.35. The van der Waals surface area contributed by atoms with Gasteiger partial charge in [0.05, 0.1) is 11.6 Å². The molecule has 24 heavy (non-hydrogen) atoms. The van der Waals surface area contributed by atoms with E-state index in [-0.39, 0.29) is 24.4 Å². The molecule has 128 valence electrons. The number of amides is 1. The summed E-state index contributed by atoms with van der Waals surface area (Å²) in [5, 5.41) is 6.53. The molecule has 1 amide bonds. The van der Waals surface area contributed by atoms with Crippen molar-refractivity contribution in [3.8, 4) is 0 Å². The Morgan fingerprint density at radius 2 is 1.79 bits per heavy atom. The highest BCUT2D eigenvalue weighted by Gasteiger charge is 2.32. The lowest BCUT2D eigenvalue weighted by molar-refractivity contribution is -0.124. The standard InChI is InChI=1S/C19H22N2OS.ClH/c1-19(16-10-6-3-7-11-16,12-15-8-4-2-5-9-15)21-18(22)17-13-23-14-20-17;/h2-11,17,20H,12-14H2,1H3,(H,21,22);1H. The number of halogens is 1. The van der Waals surface area contributed by atoms with E-state index in [0.717, 1.165) is 23.6 Å². The molecule has 2 unspecified atom stereocenters. The number of nitrogens with one attached hydrogen (secondary N) is 2. The van der Waals surface area contributed by atoms with Crippen LogP contribution in [0.4, 0.5) is 0 Å². The summed E-state index contributed by atoms with van der Waals surface area (Å²) in [6, 6.07) is 20.4. The van der Waals surface area contributed by atoms with Crippen LogP contribution >= 0.6 is 24.2 Å². The first kappa shape index (κ1) is 18.8. The van der Waals surface area contributed by atoms with Crippen molar-refractivity contribution in [2.24, 2.45) is 0 Å². The summed E-state index contributed by atoms with van der Waals surface area (Å²) in [6.07, 6.45) is 0.767. The summed E-state index contributed by atoms with van der Waals surface area (Å²) in [5.41, 5.74) is 1.92. The second-order valence-corrected chi connectivity index (χ2v) is 7.15. The van der Waals surface area contributed by atoms with Crippen LogP contribution in [0.1, 0.15) is 18.1 Å². The maximum atomic E-state index is 12.6. The van der Waals surface area contributed by atoms with Crippen molar-refractivity contribution in [3.05, 3.63) is 71.8 Å². The fourth-order valence-corrected chi connectivity index (χ4v) is 3.89. The van der Waals surface area contributed by atoms with Crippen LogP contribution in [0, 0.1) is 0 Å². The summed E-state index contributed by atoms with van der Waals surface area (Å²) < 4.78 is 0. The van der Waals surface area contributed by atoms with Gasteiger partial charge < -0.3 is 5.32 Å². The minimum atomic E-state index is -0.422.